The van der Waals surface area contributed by atoms with Gasteiger partial charge in [-0.05, 0) is 49.6 Å². The topological polar surface area (TPSA) is 48.0 Å². The molecule has 2 aromatic carbocycles. The van der Waals surface area contributed by atoms with E-state index in [9.17, 15) is 4.79 Å². The SMILES string of the molecule is COc1ccc([C@H]2CCCN2C(=O)COc2cccc(C)c2)c(OC)c1. The Kier molecular flexibility index (Phi) is 5.66. The van der Waals surface area contributed by atoms with Crippen LogP contribution < -0.4 is 14.2 Å². The van der Waals surface area contributed by atoms with Gasteiger partial charge in [-0.25, -0.2) is 0 Å². The van der Waals surface area contributed by atoms with E-state index in [0.29, 0.717) is 0 Å². The molecule has 1 fully saturated rings. The summed E-state index contributed by atoms with van der Waals surface area (Å²) in [6.45, 7) is 2.77. The average Bonchev–Trinajstić information content (AvgIpc) is 3.15. The first kappa shape index (κ1) is 18.1. The predicted octanol–water partition coefficient (Wildman–Crippen LogP) is 3.75. The molecule has 0 aromatic heterocycles. The van der Waals surface area contributed by atoms with Crippen molar-refractivity contribution in [2.45, 2.75) is 25.8 Å². The number of ether oxygens (including phenoxy) is 3. The number of likely N-dealkylation sites (tertiary alicyclic amines) is 1. The summed E-state index contributed by atoms with van der Waals surface area (Å²) in [7, 11) is 3.27. The molecule has 1 aliphatic heterocycles. The molecule has 0 aliphatic carbocycles. The Balaban J connectivity index is 1.72. The number of aryl methyl sites for hydroxylation is 1. The number of hydrogen-bond donors (Lipinski definition) is 0. The summed E-state index contributed by atoms with van der Waals surface area (Å²) in [5.74, 6) is 2.20. The largest absolute Gasteiger partial charge is 0.497 e. The Labute approximate surface area is 154 Å². The lowest BCUT2D eigenvalue weighted by molar-refractivity contribution is -0.134. The van der Waals surface area contributed by atoms with Crippen molar-refractivity contribution < 1.29 is 19.0 Å². The first-order valence-electron chi connectivity index (χ1n) is 8.83. The summed E-state index contributed by atoms with van der Waals surface area (Å²) < 4.78 is 16.5. The second kappa shape index (κ2) is 8.13. The zero-order valence-electron chi connectivity index (χ0n) is 15.5. The van der Waals surface area contributed by atoms with Crippen LogP contribution in [0.25, 0.3) is 0 Å². The smallest absolute Gasteiger partial charge is 0.261 e. The second-order valence-corrected chi connectivity index (χ2v) is 6.46. The van der Waals surface area contributed by atoms with Crippen molar-refractivity contribution in [3.63, 3.8) is 0 Å². The van der Waals surface area contributed by atoms with Crippen LogP contribution >= 0.6 is 0 Å². The lowest BCUT2D eigenvalue weighted by Gasteiger charge is -2.26. The molecule has 0 unspecified atom stereocenters. The van der Waals surface area contributed by atoms with Crippen LogP contribution in [0.3, 0.4) is 0 Å². The highest BCUT2D eigenvalue weighted by Gasteiger charge is 2.32. The highest BCUT2D eigenvalue weighted by Crippen LogP contribution is 2.38. The summed E-state index contributed by atoms with van der Waals surface area (Å²) in [4.78, 5) is 14.6. The van der Waals surface area contributed by atoms with Crippen LogP contribution in [0.4, 0.5) is 0 Å². The van der Waals surface area contributed by atoms with Gasteiger partial charge in [0.2, 0.25) is 0 Å². The van der Waals surface area contributed by atoms with Crippen LogP contribution in [-0.2, 0) is 4.79 Å². The standard InChI is InChI=1S/C21H25NO4/c1-15-6-4-7-17(12-15)26-14-21(23)22-11-5-8-19(22)18-10-9-16(24-2)13-20(18)25-3/h4,6-7,9-10,12-13,19H,5,8,11,14H2,1-3H3/t19-/m1/s1. The molecule has 1 atom stereocenters. The Morgan fingerprint density at radius 2 is 1.96 bits per heavy atom. The van der Waals surface area contributed by atoms with Gasteiger partial charge < -0.3 is 19.1 Å². The Bertz CT molecular complexity index is 774. The third-order valence-electron chi connectivity index (χ3n) is 4.72. The summed E-state index contributed by atoms with van der Waals surface area (Å²) in [5.41, 5.74) is 2.12. The van der Waals surface area contributed by atoms with Crippen molar-refractivity contribution >= 4 is 5.91 Å². The third kappa shape index (κ3) is 3.93. The quantitative estimate of drug-likeness (QED) is 0.792. The third-order valence-corrected chi connectivity index (χ3v) is 4.72. The van der Waals surface area contributed by atoms with Gasteiger partial charge in [0.1, 0.15) is 17.2 Å². The predicted molar refractivity (Wildman–Crippen MR) is 99.9 cm³/mol. The van der Waals surface area contributed by atoms with Crippen LogP contribution in [0, 0.1) is 6.92 Å². The van der Waals surface area contributed by atoms with E-state index < -0.39 is 0 Å². The number of benzene rings is 2. The van der Waals surface area contributed by atoms with Gasteiger partial charge >= 0.3 is 0 Å². The van der Waals surface area contributed by atoms with Gasteiger partial charge in [0.15, 0.2) is 6.61 Å². The molecule has 0 spiro atoms. The Morgan fingerprint density at radius 3 is 2.69 bits per heavy atom. The van der Waals surface area contributed by atoms with Crippen molar-refractivity contribution in [3.8, 4) is 17.2 Å². The van der Waals surface area contributed by atoms with E-state index in [4.69, 9.17) is 14.2 Å². The van der Waals surface area contributed by atoms with E-state index in [-0.39, 0.29) is 18.6 Å². The number of hydrogen-bond acceptors (Lipinski definition) is 4. The van der Waals surface area contributed by atoms with Crippen LogP contribution in [0.5, 0.6) is 17.2 Å². The number of carbonyl (C=O) groups excluding carboxylic acids is 1. The van der Waals surface area contributed by atoms with E-state index >= 15 is 0 Å². The molecular formula is C21H25NO4. The Morgan fingerprint density at radius 1 is 1.12 bits per heavy atom. The minimum absolute atomic E-state index is 0.00413. The summed E-state index contributed by atoms with van der Waals surface area (Å²) in [6, 6.07) is 13.5. The van der Waals surface area contributed by atoms with Crippen LogP contribution in [-0.4, -0.2) is 38.2 Å². The van der Waals surface area contributed by atoms with Crippen LogP contribution in [0.2, 0.25) is 0 Å². The first-order valence-corrected chi connectivity index (χ1v) is 8.83. The molecule has 138 valence electrons. The number of nitrogens with zero attached hydrogens (tertiary/aromatic N) is 1. The van der Waals surface area contributed by atoms with Gasteiger partial charge in [0, 0.05) is 18.2 Å². The molecule has 1 heterocycles. The minimum Gasteiger partial charge on any atom is -0.497 e. The molecule has 5 heteroatoms. The maximum atomic E-state index is 12.7. The number of rotatable bonds is 6. The molecule has 2 aromatic rings. The molecule has 0 radical (unpaired) electrons. The van der Waals surface area contributed by atoms with E-state index in [1.165, 1.54) is 0 Å². The van der Waals surface area contributed by atoms with Crippen molar-refractivity contribution in [3.05, 3.63) is 53.6 Å². The fourth-order valence-electron chi connectivity index (χ4n) is 3.42. The fourth-order valence-corrected chi connectivity index (χ4v) is 3.42. The van der Waals surface area contributed by atoms with E-state index in [2.05, 4.69) is 0 Å². The van der Waals surface area contributed by atoms with Crippen LogP contribution in [0.1, 0.15) is 30.0 Å². The van der Waals surface area contributed by atoms with Crippen molar-refractivity contribution in [1.29, 1.82) is 0 Å². The van der Waals surface area contributed by atoms with Gasteiger partial charge in [0.25, 0.3) is 5.91 Å². The monoisotopic (exact) mass is 355 g/mol. The maximum absolute atomic E-state index is 12.7. The van der Waals surface area contributed by atoms with Gasteiger partial charge in [-0.2, -0.15) is 0 Å². The maximum Gasteiger partial charge on any atom is 0.261 e. The first-order chi connectivity index (χ1) is 12.6. The van der Waals surface area contributed by atoms with Crippen molar-refractivity contribution in [1.82, 2.24) is 4.90 Å². The number of amides is 1. The highest BCUT2D eigenvalue weighted by atomic mass is 16.5. The summed E-state index contributed by atoms with van der Waals surface area (Å²) in [5, 5.41) is 0. The Hall–Kier alpha value is -2.69. The van der Waals surface area contributed by atoms with E-state index in [1.54, 1.807) is 14.2 Å². The molecule has 0 saturated carbocycles. The molecule has 26 heavy (non-hydrogen) atoms. The number of methoxy groups -OCH3 is 2. The summed E-state index contributed by atoms with van der Waals surface area (Å²) in [6.07, 6.45) is 1.88. The fraction of sp³-hybridized carbons (Fsp3) is 0.381. The van der Waals surface area contributed by atoms with Crippen molar-refractivity contribution in [2.75, 3.05) is 27.4 Å². The van der Waals surface area contributed by atoms with E-state index in [0.717, 1.165) is 47.8 Å². The molecule has 1 saturated heterocycles. The number of carbonyl (C=O) groups is 1. The molecule has 5 nitrogen and oxygen atoms in total. The minimum atomic E-state index is -0.00752. The highest BCUT2D eigenvalue weighted by molar-refractivity contribution is 5.78. The van der Waals surface area contributed by atoms with E-state index in [1.807, 2.05) is 54.3 Å². The molecule has 0 N–H and O–H groups in total. The van der Waals surface area contributed by atoms with Gasteiger partial charge in [-0.3, -0.25) is 4.79 Å². The van der Waals surface area contributed by atoms with Gasteiger partial charge in [-0.15, -0.1) is 0 Å². The van der Waals surface area contributed by atoms with Gasteiger partial charge in [-0.1, -0.05) is 12.1 Å². The zero-order chi connectivity index (χ0) is 18.5. The lowest BCUT2D eigenvalue weighted by atomic mass is 10.0. The second-order valence-electron chi connectivity index (χ2n) is 6.46. The lowest BCUT2D eigenvalue weighted by Crippen LogP contribution is -2.34. The van der Waals surface area contributed by atoms with Crippen molar-refractivity contribution in [2.24, 2.45) is 0 Å². The molecule has 1 amide bonds. The molecular weight excluding hydrogens is 330 g/mol. The van der Waals surface area contributed by atoms with Crippen LogP contribution in [0.15, 0.2) is 42.5 Å². The average molecular weight is 355 g/mol. The molecule has 0 bridgehead atoms. The summed E-state index contributed by atoms with van der Waals surface area (Å²) >= 11 is 0. The molecule has 1 aliphatic rings. The normalized spacial score (nSPS) is 16.4. The zero-order valence-corrected chi connectivity index (χ0v) is 15.5. The van der Waals surface area contributed by atoms with Gasteiger partial charge in [0.05, 0.1) is 20.3 Å². The molecule has 3 rings (SSSR count).